The molecule has 0 radical (unpaired) electrons. The molecule has 5 aromatic rings. The molecule has 0 unspecified atom stereocenters. The monoisotopic (exact) mass is 576 g/mol. The summed E-state index contributed by atoms with van der Waals surface area (Å²) in [6.45, 7) is 4.58. The van der Waals surface area contributed by atoms with Crippen molar-refractivity contribution in [3.8, 4) is 34.0 Å². The van der Waals surface area contributed by atoms with E-state index in [-0.39, 0.29) is 11.1 Å². The highest BCUT2D eigenvalue weighted by atomic mass is 79.9. The van der Waals surface area contributed by atoms with Gasteiger partial charge in [-0.2, -0.15) is 0 Å². The smallest absolute Gasteiger partial charge is 0.362 e. The predicted molar refractivity (Wildman–Crippen MR) is 147 cm³/mol. The van der Waals surface area contributed by atoms with Crippen LogP contribution in [0.4, 0.5) is 0 Å². The first kappa shape index (κ1) is 25.4. The quantitative estimate of drug-likeness (QED) is 0.212. The zero-order chi connectivity index (χ0) is 26.6. The lowest BCUT2D eigenvalue weighted by atomic mass is 9.83. The number of benzene rings is 3. The molecule has 0 spiro atoms. The molecule has 9 heteroatoms. The van der Waals surface area contributed by atoms with E-state index in [2.05, 4.69) is 26.2 Å². The standard InChI is InChI=1S/C29H25BrN2O6/c1-3-35-21-16-19(15-20(30)27(21)36-4-2)22(23-25(31-37-28(23)33)17-11-7-5-8-12-17)24-26(32-38-29(24)34)18-13-9-6-10-14-18/h5-16,22,31-32H,3-4H2,1-2H3. The van der Waals surface area contributed by atoms with E-state index < -0.39 is 17.2 Å². The highest BCUT2D eigenvalue weighted by Gasteiger charge is 2.34. The Bertz CT molecular complexity index is 1560. The number of H-pyrrole nitrogens is 2. The van der Waals surface area contributed by atoms with Crippen molar-refractivity contribution in [2.75, 3.05) is 13.2 Å². The summed E-state index contributed by atoms with van der Waals surface area (Å²) in [6, 6.07) is 22.2. The van der Waals surface area contributed by atoms with Crippen LogP contribution in [0.2, 0.25) is 0 Å². The fourth-order valence-electron chi connectivity index (χ4n) is 4.56. The summed E-state index contributed by atoms with van der Waals surface area (Å²) in [4.78, 5) is 26.7. The van der Waals surface area contributed by atoms with E-state index >= 15 is 0 Å². The van der Waals surface area contributed by atoms with Crippen molar-refractivity contribution < 1.29 is 18.5 Å². The van der Waals surface area contributed by atoms with Gasteiger partial charge in [0.2, 0.25) is 0 Å². The van der Waals surface area contributed by atoms with Crippen LogP contribution in [0.5, 0.6) is 11.5 Å². The lowest BCUT2D eigenvalue weighted by Gasteiger charge is -2.20. The molecule has 0 aliphatic rings. The largest absolute Gasteiger partial charge is 0.490 e. The maximum Gasteiger partial charge on any atom is 0.362 e. The number of nitrogens with one attached hydrogen (secondary N) is 2. The fraction of sp³-hybridized carbons (Fsp3) is 0.172. The highest BCUT2D eigenvalue weighted by molar-refractivity contribution is 9.10. The van der Waals surface area contributed by atoms with Crippen molar-refractivity contribution in [3.05, 3.63) is 115 Å². The second-order valence-electron chi connectivity index (χ2n) is 8.42. The molecule has 38 heavy (non-hydrogen) atoms. The van der Waals surface area contributed by atoms with Gasteiger partial charge in [-0.05, 0) is 47.5 Å². The molecule has 2 heterocycles. The first-order valence-corrected chi connectivity index (χ1v) is 12.9. The van der Waals surface area contributed by atoms with Crippen LogP contribution in [0.3, 0.4) is 0 Å². The van der Waals surface area contributed by atoms with Crippen LogP contribution in [0.25, 0.3) is 22.5 Å². The molecular formula is C29H25BrN2O6. The van der Waals surface area contributed by atoms with Crippen molar-refractivity contribution >= 4 is 15.9 Å². The molecule has 8 nitrogen and oxygen atoms in total. The number of hydrogen-bond donors (Lipinski definition) is 2. The second kappa shape index (κ2) is 11.0. The van der Waals surface area contributed by atoms with Crippen molar-refractivity contribution in [1.29, 1.82) is 0 Å². The van der Waals surface area contributed by atoms with E-state index in [0.29, 0.717) is 46.1 Å². The minimum atomic E-state index is -0.878. The number of halogens is 1. The SMILES string of the molecule is CCOc1cc(C(c2c(-c3ccccc3)[nH]oc2=O)c2c(-c3ccccc3)[nH]oc2=O)cc(Br)c1OCC. The minimum absolute atomic E-state index is 0.263. The van der Waals surface area contributed by atoms with Crippen LogP contribution < -0.4 is 20.7 Å². The van der Waals surface area contributed by atoms with Crippen LogP contribution in [-0.2, 0) is 0 Å². The molecule has 2 N–H and O–H groups in total. The summed E-state index contributed by atoms with van der Waals surface area (Å²) in [6.07, 6.45) is 0. The molecule has 0 aliphatic carbocycles. The fourth-order valence-corrected chi connectivity index (χ4v) is 5.14. The van der Waals surface area contributed by atoms with E-state index in [0.717, 1.165) is 11.1 Å². The number of rotatable bonds is 9. The number of aromatic nitrogens is 2. The topological polar surface area (TPSA) is 110 Å². The van der Waals surface area contributed by atoms with Crippen LogP contribution >= 0.6 is 15.9 Å². The van der Waals surface area contributed by atoms with Gasteiger partial charge >= 0.3 is 11.3 Å². The van der Waals surface area contributed by atoms with Crippen LogP contribution in [0.15, 0.2) is 95.9 Å². The predicted octanol–water partition coefficient (Wildman–Crippen LogP) is 6.32. The Balaban J connectivity index is 1.83. The molecule has 0 saturated carbocycles. The first-order chi connectivity index (χ1) is 18.5. The summed E-state index contributed by atoms with van der Waals surface area (Å²) in [5.41, 5.74) is 2.32. The Morgan fingerprint density at radius 3 is 1.74 bits per heavy atom. The Labute approximate surface area is 226 Å². The van der Waals surface area contributed by atoms with E-state index in [9.17, 15) is 9.59 Å². The van der Waals surface area contributed by atoms with Gasteiger partial charge in [0.25, 0.3) is 0 Å². The molecular weight excluding hydrogens is 552 g/mol. The molecule has 0 fully saturated rings. The zero-order valence-electron chi connectivity index (χ0n) is 20.7. The van der Waals surface area contributed by atoms with Crippen LogP contribution in [0.1, 0.15) is 36.5 Å². The maximum absolute atomic E-state index is 13.3. The van der Waals surface area contributed by atoms with Crippen molar-refractivity contribution in [2.45, 2.75) is 19.8 Å². The molecule has 194 valence electrons. The molecule has 0 saturated heterocycles. The number of hydrogen-bond acceptors (Lipinski definition) is 6. The van der Waals surface area contributed by atoms with Gasteiger partial charge in [-0.1, -0.05) is 60.7 Å². The van der Waals surface area contributed by atoms with E-state index in [4.69, 9.17) is 18.5 Å². The third kappa shape index (κ3) is 4.72. The zero-order valence-corrected chi connectivity index (χ0v) is 22.3. The Morgan fingerprint density at radius 1 is 0.763 bits per heavy atom. The summed E-state index contributed by atoms with van der Waals surface area (Å²) < 4.78 is 23.0. The molecule has 0 bridgehead atoms. The second-order valence-corrected chi connectivity index (χ2v) is 9.28. The van der Waals surface area contributed by atoms with Gasteiger partial charge < -0.3 is 18.5 Å². The minimum Gasteiger partial charge on any atom is -0.490 e. The van der Waals surface area contributed by atoms with Crippen molar-refractivity contribution in [2.24, 2.45) is 0 Å². The third-order valence-corrected chi connectivity index (χ3v) is 6.72. The summed E-state index contributed by atoms with van der Waals surface area (Å²) in [7, 11) is 0. The van der Waals surface area contributed by atoms with Crippen LogP contribution in [0, 0.1) is 0 Å². The molecule has 0 atom stereocenters. The molecule has 2 aromatic heterocycles. The number of ether oxygens (including phenoxy) is 2. The average molecular weight is 577 g/mol. The van der Waals surface area contributed by atoms with Crippen molar-refractivity contribution in [1.82, 2.24) is 10.3 Å². The summed E-state index contributed by atoms with van der Waals surface area (Å²) >= 11 is 3.60. The average Bonchev–Trinajstić information content (AvgIpc) is 3.50. The van der Waals surface area contributed by atoms with Gasteiger partial charge in [0.1, 0.15) is 0 Å². The normalized spacial score (nSPS) is 11.2. The molecule has 5 rings (SSSR count). The lowest BCUT2D eigenvalue weighted by Crippen LogP contribution is -2.18. The summed E-state index contributed by atoms with van der Waals surface area (Å²) in [5, 5.41) is 5.54. The molecule has 3 aromatic carbocycles. The first-order valence-electron chi connectivity index (χ1n) is 12.2. The van der Waals surface area contributed by atoms with Crippen molar-refractivity contribution in [3.63, 3.8) is 0 Å². The van der Waals surface area contributed by atoms with Gasteiger partial charge in [-0.15, -0.1) is 0 Å². The van der Waals surface area contributed by atoms with Gasteiger partial charge in [0.05, 0.1) is 46.1 Å². The van der Waals surface area contributed by atoms with Crippen LogP contribution in [-0.4, -0.2) is 23.5 Å². The maximum atomic E-state index is 13.3. The Kier molecular flexibility index (Phi) is 7.37. The van der Waals surface area contributed by atoms with E-state index in [1.54, 1.807) is 6.07 Å². The lowest BCUT2D eigenvalue weighted by molar-refractivity contribution is 0.286. The van der Waals surface area contributed by atoms with E-state index in [1.807, 2.05) is 80.6 Å². The van der Waals surface area contributed by atoms with Gasteiger partial charge in [0.15, 0.2) is 11.5 Å². The Hall–Kier alpha value is -4.24. The van der Waals surface area contributed by atoms with Gasteiger partial charge in [-0.3, -0.25) is 0 Å². The molecule has 0 amide bonds. The van der Waals surface area contributed by atoms with Gasteiger partial charge in [0, 0.05) is 11.1 Å². The molecule has 0 aliphatic heterocycles. The highest BCUT2D eigenvalue weighted by Crippen LogP contribution is 2.44. The number of aromatic amines is 2. The summed E-state index contributed by atoms with van der Waals surface area (Å²) in [5.74, 6) is 0.133. The van der Waals surface area contributed by atoms with Gasteiger partial charge in [-0.25, -0.2) is 19.9 Å². The van der Waals surface area contributed by atoms with E-state index in [1.165, 1.54) is 0 Å². The Morgan fingerprint density at radius 2 is 1.26 bits per heavy atom. The third-order valence-electron chi connectivity index (χ3n) is 6.13.